The highest BCUT2D eigenvalue weighted by Gasteiger charge is 2.30. The van der Waals surface area contributed by atoms with Gasteiger partial charge >= 0.3 is 18.3 Å². The summed E-state index contributed by atoms with van der Waals surface area (Å²) in [5, 5.41) is 14.2. The van der Waals surface area contributed by atoms with Crippen molar-refractivity contribution in [3.63, 3.8) is 0 Å². The number of H-pyrrole nitrogens is 1. The smallest absolute Gasteiger partial charge is 0.410 e. The fraction of sp³-hybridized carbons (Fsp3) is 0.833. The van der Waals surface area contributed by atoms with E-state index in [1.807, 2.05) is 4.90 Å². The molecule has 0 bridgehead atoms. The van der Waals surface area contributed by atoms with Crippen LogP contribution in [0.3, 0.4) is 0 Å². The lowest BCUT2D eigenvalue weighted by molar-refractivity contribution is 0.00805. The fourth-order valence-corrected chi connectivity index (χ4v) is 3.43. The standard InChI is InChI=1S/C24H44N8O6/c1-22(2,3)36-19(33)30-12-10-29(18-25-27-28-26-18)11-13-31(20(34)37-23(4,5)6)15-17-32(16-14-30)21(35)38-24(7,8)9/h10-17H2,1-9H3,(H,25,26,27,28). The van der Waals surface area contributed by atoms with Crippen LogP contribution in [0, 0.1) is 0 Å². The van der Waals surface area contributed by atoms with Gasteiger partial charge in [0.05, 0.1) is 0 Å². The van der Waals surface area contributed by atoms with Gasteiger partial charge in [-0.3, -0.25) is 0 Å². The van der Waals surface area contributed by atoms with Crippen molar-refractivity contribution >= 4 is 24.2 Å². The predicted molar refractivity (Wildman–Crippen MR) is 140 cm³/mol. The van der Waals surface area contributed by atoms with Gasteiger partial charge in [0.25, 0.3) is 5.95 Å². The second kappa shape index (κ2) is 12.5. The van der Waals surface area contributed by atoms with Gasteiger partial charge in [-0.15, -0.1) is 5.10 Å². The Labute approximate surface area is 224 Å². The number of nitrogens with zero attached hydrogens (tertiary/aromatic N) is 7. The normalized spacial score (nSPS) is 16.9. The van der Waals surface area contributed by atoms with E-state index in [-0.39, 0.29) is 39.3 Å². The Hall–Kier alpha value is -3.32. The van der Waals surface area contributed by atoms with Gasteiger partial charge in [0.15, 0.2) is 0 Å². The molecule has 1 aromatic rings. The lowest BCUT2D eigenvalue weighted by Gasteiger charge is -2.35. The molecule has 1 saturated heterocycles. The van der Waals surface area contributed by atoms with Crippen LogP contribution in [0.25, 0.3) is 0 Å². The van der Waals surface area contributed by atoms with Crippen molar-refractivity contribution in [1.82, 2.24) is 35.3 Å². The molecule has 14 nitrogen and oxygen atoms in total. The second-order valence-electron chi connectivity index (χ2n) is 12.1. The van der Waals surface area contributed by atoms with Crippen molar-refractivity contribution in [1.29, 1.82) is 0 Å². The minimum absolute atomic E-state index is 0.179. The zero-order chi connectivity index (χ0) is 28.7. The van der Waals surface area contributed by atoms with Crippen molar-refractivity contribution in [2.24, 2.45) is 0 Å². The summed E-state index contributed by atoms with van der Waals surface area (Å²) in [6.07, 6.45) is -1.53. The van der Waals surface area contributed by atoms with Crippen molar-refractivity contribution in [3.05, 3.63) is 0 Å². The molecular formula is C24H44N8O6. The maximum absolute atomic E-state index is 13.0. The molecule has 0 radical (unpaired) electrons. The Bertz CT molecular complexity index is 876. The number of anilines is 1. The number of aromatic amines is 1. The van der Waals surface area contributed by atoms with Crippen molar-refractivity contribution in [3.8, 4) is 0 Å². The fourth-order valence-electron chi connectivity index (χ4n) is 3.43. The van der Waals surface area contributed by atoms with Gasteiger partial charge in [0.1, 0.15) is 16.8 Å². The molecule has 0 atom stereocenters. The van der Waals surface area contributed by atoms with Gasteiger partial charge in [0, 0.05) is 52.4 Å². The van der Waals surface area contributed by atoms with E-state index in [2.05, 4.69) is 20.6 Å². The first-order valence-electron chi connectivity index (χ1n) is 12.9. The first kappa shape index (κ1) is 30.9. The largest absolute Gasteiger partial charge is 0.444 e. The molecule has 1 aliphatic heterocycles. The highest BCUT2D eigenvalue weighted by Crippen LogP contribution is 2.15. The summed E-state index contributed by atoms with van der Waals surface area (Å²) < 4.78 is 16.8. The maximum atomic E-state index is 13.0. The van der Waals surface area contributed by atoms with Crippen LogP contribution >= 0.6 is 0 Å². The first-order valence-corrected chi connectivity index (χ1v) is 12.9. The topological polar surface area (TPSA) is 146 Å². The van der Waals surface area contributed by atoms with Gasteiger partial charge in [0.2, 0.25) is 0 Å². The summed E-state index contributed by atoms with van der Waals surface area (Å²) in [6, 6.07) is 0. The van der Waals surface area contributed by atoms with E-state index in [4.69, 9.17) is 14.2 Å². The predicted octanol–water partition coefficient (Wildman–Crippen LogP) is 2.73. The number of hydrogen-bond donors (Lipinski definition) is 1. The Balaban J connectivity index is 2.34. The molecule has 0 aliphatic carbocycles. The number of carbonyl (C=O) groups excluding carboxylic acids is 3. The lowest BCUT2D eigenvalue weighted by atomic mass is 10.2. The van der Waals surface area contributed by atoms with Crippen molar-refractivity contribution in [2.75, 3.05) is 57.3 Å². The number of nitrogens with one attached hydrogen (secondary N) is 1. The molecule has 2 heterocycles. The van der Waals surface area contributed by atoms with Crippen LogP contribution in [0.1, 0.15) is 62.3 Å². The Morgan fingerprint density at radius 1 is 0.605 bits per heavy atom. The first-order chi connectivity index (χ1) is 17.4. The van der Waals surface area contributed by atoms with Gasteiger partial charge in [-0.1, -0.05) is 5.10 Å². The van der Waals surface area contributed by atoms with Gasteiger partial charge in [-0.05, 0) is 67.5 Å². The minimum Gasteiger partial charge on any atom is -0.444 e. The van der Waals surface area contributed by atoms with E-state index in [9.17, 15) is 14.4 Å². The molecule has 1 aromatic heterocycles. The monoisotopic (exact) mass is 540 g/mol. The molecule has 0 saturated carbocycles. The van der Waals surface area contributed by atoms with Crippen molar-refractivity contribution < 1.29 is 28.6 Å². The maximum Gasteiger partial charge on any atom is 0.410 e. The van der Waals surface area contributed by atoms with Crippen LogP contribution in [0.4, 0.5) is 20.3 Å². The van der Waals surface area contributed by atoms with Gasteiger partial charge in [-0.25, -0.2) is 14.4 Å². The highest BCUT2D eigenvalue weighted by molar-refractivity contribution is 5.70. The quantitative estimate of drug-likeness (QED) is 0.527. The molecule has 1 aliphatic rings. The molecule has 38 heavy (non-hydrogen) atoms. The number of aromatic nitrogens is 4. The SMILES string of the molecule is CC(C)(C)OC(=O)N1CCN(C(=O)OC(C)(C)C)CCN(c2nn[nH]n2)CCN(C(=O)OC(C)(C)C)CC1. The van der Waals surface area contributed by atoms with Crippen molar-refractivity contribution in [2.45, 2.75) is 79.1 Å². The van der Waals surface area contributed by atoms with Crippen LogP contribution in [-0.4, -0.2) is 123 Å². The summed E-state index contributed by atoms with van der Waals surface area (Å²) in [4.78, 5) is 45.5. The number of amides is 3. The molecule has 3 amide bonds. The average molecular weight is 541 g/mol. The van der Waals surface area contributed by atoms with E-state index in [0.717, 1.165) is 0 Å². The van der Waals surface area contributed by atoms with Crippen LogP contribution < -0.4 is 4.90 Å². The summed E-state index contributed by atoms with van der Waals surface area (Å²) in [5.74, 6) is 0.339. The van der Waals surface area contributed by atoms with Gasteiger partial charge < -0.3 is 33.8 Å². The lowest BCUT2D eigenvalue weighted by Crippen LogP contribution is -2.51. The number of ether oxygens (including phenoxy) is 3. The van der Waals surface area contributed by atoms with E-state index >= 15 is 0 Å². The molecule has 1 fully saturated rings. The van der Waals surface area contributed by atoms with E-state index in [0.29, 0.717) is 19.0 Å². The van der Waals surface area contributed by atoms with Crippen LogP contribution in [0.5, 0.6) is 0 Å². The second-order valence-corrected chi connectivity index (χ2v) is 12.1. The van der Waals surface area contributed by atoms with Crippen LogP contribution in [0.2, 0.25) is 0 Å². The number of carbonyl (C=O) groups is 3. The van der Waals surface area contributed by atoms with E-state index in [1.54, 1.807) is 72.1 Å². The van der Waals surface area contributed by atoms with E-state index in [1.165, 1.54) is 4.90 Å². The third-order valence-electron chi connectivity index (χ3n) is 5.13. The summed E-state index contributed by atoms with van der Waals surface area (Å²) in [7, 11) is 0. The Morgan fingerprint density at radius 2 is 0.921 bits per heavy atom. The zero-order valence-electron chi connectivity index (χ0n) is 24.2. The number of tetrazole rings is 1. The summed E-state index contributed by atoms with van der Waals surface area (Å²) in [5.41, 5.74) is -2.08. The zero-order valence-corrected chi connectivity index (χ0v) is 24.2. The summed E-state index contributed by atoms with van der Waals surface area (Å²) >= 11 is 0. The molecule has 2 rings (SSSR count). The van der Waals surface area contributed by atoms with Gasteiger partial charge in [-0.2, -0.15) is 5.21 Å². The molecular weight excluding hydrogens is 496 g/mol. The average Bonchev–Trinajstić information content (AvgIpc) is 3.24. The molecule has 0 unspecified atom stereocenters. The van der Waals surface area contributed by atoms with Crippen LogP contribution in [0.15, 0.2) is 0 Å². The molecule has 0 spiro atoms. The number of rotatable bonds is 1. The minimum atomic E-state index is -0.707. The highest BCUT2D eigenvalue weighted by atomic mass is 16.6. The number of hydrogen-bond acceptors (Lipinski definition) is 10. The Kier molecular flexibility index (Phi) is 10.2. The van der Waals surface area contributed by atoms with Crippen LogP contribution in [-0.2, 0) is 14.2 Å². The third-order valence-corrected chi connectivity index (χ3v) is 5.13. The Morgan fingerprint density at radius 3 is 1.18 bits per heavy atom. The molecule has 14 heteroatoms. The summed E-state index contributed by atoms with van der Waals surface area (Å²) in [6.45, 7) is 18.1. The third kappa shape index (κ3) is 11.0. The molecule has 1 N–H and O–H groups in total. The van der Waals surface area contributed by atoms with E-state index < -0.39 is 35.1 Å². The molecule has 0 aromatic carbocycles. The molecule has 216 valence electrons.